The number of nitrogens with one attached hydrogen (secondary N) is 3. The molecule has 2 saturated carbocycles. The number of allylic oxidation sites excluding steroid dienone is 1. The van der Waals surface area contributed by atoms with Crippen LogP contribution in [0.2, 0.25) is 0 Å². The fourth-order valence-corrected chi connectivity index (χ4v) is 6.45. The Hall–Kier alpha value is -4.10. The van der Waals surface area contributed by atoms with Crippen LogP contribution in [-0.4, -0.2) is 78.7 Å². The summed E-state index contributed by atoms with van der Waals surface area (Å²) in [7, 11) is 0.818. The summed E-state index contributed by atoms with van der Waals surface area (Å²) in [6.07, 6.45) is 10.6. The molecule has 3 aromatic rings. The lowest BCUT2D eigenvalue weighted by Crippen LogP contribution is -2.49. The van der Waals surface area contributed by atoms with Crippen molar-refractivity contribution in [1.29, 1.82) is 0 Å². The first kappa shape index (κ1) is 42.3. The number of H-pyrrole nitrogens is 1. The van der Waals surface area contributed by atoms with Gasteiger partial charge >= 0.3 is 0 Å². The minimum absolute atomic E-state index is 0.00605. The topological polar surface area (TPSA) is 155 Å². The van der Waals surface area contributed by atoms with Gasteiger partial charge in [0.1, 0.15) is 28.8 Å². The molecule has 3 amide bonds. The molecule has 2 aromatic heterocycles. The van der Waals surface area contributed by atoms with E-state index in [1.165, 1.54) is 5.56 Å². The fourth-order valence-electron chi connectivity index (χ4n) is 5.60. The number of rotatable bonds is 13. The van der Waals surface area contributed by atoms with Crippen molar-refractivity contribution in [1.82, 2.24) is 29.7 Å². The molecule has 0 spiro atoms. The second kappa shape index (κ2) is 20.8. The summed E-state index contributed by atoms with van der Waals surface area (Å²) in [5.74, 6) is -0.0521. The zero-order valence-electron chi connectivity index (χ0n) is 32.0. The summed E-state index contributed by atoms with van der Waals surface area (Å²) < 4.78 is 20.2. The molecule has 13 heteroatoms. The molecular weight excluding hydrogens is 681 g/mol. The van der Waals surface area contributed by atoms with E-state index < -0.39 is 17.1 Å². The van der Waals surface area contributed by atoms with Crippen molar-refractivity contribution in [3.8, 4) is 11.4 Å². The molecule has 52 heavy (non-hydrogen) atoms. The van der Waals surface area contributed by atoms with Crippen LogP contribution in [0.25, 0.3) is 22.3 Å². The van der Waals surface area contributed by atoms with Gasteiger partial charge in [0.05, 0.1) is 16.5 Å². The van der Waals surface area contributed by atoms with Crippen LogP contribution in [-0.2, 0) is 37.2 Å². The molecule has 6 rings (SSSR count). The van der Waals surface area contributed by atoms with E-state index in [2.05, 4.69) is 26.7 Å². The second-order valence-electron chi connectivity index (χ2n) is 13.3. The first-order chi connectivity index (χ1) is 24.9. The monoisotopic (exact) mass is 738 g/mol. The van der Waals surface area contributed by atoms with E-state index in [0.29, 0.717) is 25.6 Å². The number of nitrogens with zero attached hydrogens (tertiary/aromatic N) is 3. The van der Waals surface area contributed by atoms with Crippen LogP contribution in [0.4, 0.5) is 0 Å². The molecule has 1 aliphatic heterocycles. The van der Waals surface area contributed by atoms with Crippen LogP contribution < -0.4 is 15.5 Å². The van der Waals surface area contributed by atoms with E-state index in [1.54, 1.807) is 22.6 Å². The smallest absolute Gasteiger partial charge is 0.252 e. The number of aromatic nitrogens is 3. The summed E-state index contributed by atoms with van der Waals surface area (Å²) in [6.45, 7) is 16.8. The van der Waals surface area contributed by atoms with Crippen molar-refractivity contribution in [3.05, 3.63) is 64.0 Å². The maximum absolute atomic E-state index is 12.5. The maximum atomic E-state index is 12.5. The van der Waals surface area contributed by atoms with Crippen molar-refractivity contribution in [2.45, 2.75) is 123 Å². The highest BCUT2D eigenvalue weighted by Gasteiger charge is 2.38. The Morgan fingerprint density at radius 3 is 2.42 bits per heavy atom. The van der Waals surface area contributed by atoms with Gasteiger partial charge in [-0.3, -0.25) is 28.6 Å². The predicted molar refractivity (Wildman–Crippen MR) is 208 cm³/mol. The van der Waals surface area contributed by atoms with Crippen molar-refractivity contribution in [2.24, 2.45) is 7.05 Å². The van der Waals surface area contributed by atoms with Crippen LogP contribution in [0.15, 0.2) is 41.7 Å². The van der Waals surface area contributed by atoms with E-state index in [4.69, 9.17) is 4.74 Å². The Morgan fingerprint density at radius 2 is 1.83 bits per heavy atom. The van der Waals surface area contributed by atoms with Gasteiger partial charge in [-0.2, -0.15) is 5.10 Å². The van der Waals surface area contributed by atoms with Crippen molar-refractivity contribution < 1.29 is 23.3 Å². The molecule has 12 nitrogen and oxygen atoms in total. The van der Waals surface area contributed by atoms with Gasteiger partial charge in [-0.1, -0.05) is 26.0 Å². The summed E-state index contributed by atoms with van der Waals surface area (Å²) in [4.78, 5) is 51.7. The van der Waals surface area contributed by atoms with E-state index >= 15 is 0 Å². The molecule has 0 bridgehead atoms. The van der Waals surface area contributed by atoms with E-state index in [1.807, 2.05) is 65.9 Å². The van der Waals surface area contributed by atoms with Crippen LogP contribution in [0.3, 0.4) is 0 Å². The van der Waals surface area contributed by atoms with Gasteiger partial charge in [0.25, 0.3) is 5.91 Å². The van der Waals surface area contributed by atoms with Crippen molar-refractivity contribution in [3.63, 3.8) is 0 Å². The van der Waals surface area contributed by atoms with E-state index in [-0.39, 0.29) is 28.5 Å². The van der Waals surface area contributed by atoms with Crippen LogP contribution >= 0.6 is 0 Å². The predicted octanol–water partition coefficient (Wildman–Crippen LogP) is 5.46. The number of likely N-dealkylation sites (tertiary alicyclic amines) is 1. The Labute approximate surface area is 310 Å². The molecule has 3 aliphatic rings. The zero-order valence-corrected chi connectivity index (χ0v) is 32.8. The molecule has 3 fully saturated rings. The molecule has 3 heterocycles. The van der Waals surface area contributed by atoms with Crippen LogP contribution in [0, 0.1) is 20.8 Å². The summed E-state index contributed by atoms with van der Waals surface area (Å²) in [6, 6.07) is 7.49. The molecule has 286 valence electrons. The number of ether oxygens (including phenoxy) is 1. The minimum Gasteiger partial charge on any atom is -0.369 e. The third-order valence-electron chi connectivity index (χ3n) is 9.20. The molecule has 1 aromatic carbocycles. The van der Waals surface area contributed by atoms with Gasteiger partial charge in [-0.25, -0.2) is 4.21 Å². The molecule has 2 aliphatic carbocycles. The lowest BCUT2D eigenvalue weighted by molar-refractivity contribution is -0.147. The maximum Gasteiger partial charge on any atom is 0.252 e. The van der Waals surface area contributed by atoms with Gasteiger partial charge in [0.15, 0.2) is 5.43 Å². The minimum atomic E-state index is -1.08. The highest BCUT2D eigenvalue weighted by molar-refractivity contribution is 7.84. The second-order valence-corrected chi connectivity index (χ2v) is 14.8. The highest BCUT2D eigenvalue weighted by Crippen LogP contribution is 2.25. The number of carbonyl (C=O) groups excluding carboxylic acids is 3. The van der Waals surface area contributed by atoms with Gasteiger partial charge in [0.2, 0.25) is 12.3 Å². The first-order valence-corrected chi connectivity index (χ1v) is 19.7. The Kier molecular flexibility index (Phi) is 16.9. The number of carbonyl (C=O) groups is 3. The average molecular weight is 739 g/mol. The van der Waals surface area contributed by atoms with Crippen LogP contribution in [0.1, 0.15) is 95.4 Å². The molecular formula is C39H58N6O6S. The average Bonchev–Trinajstić information content (AvgIpc) is 4.07. The number of hydrogen-bond donors (Lipinski definition) is 3. The normalized spacial score (nSPS) is 17.3. The van der Waals surface area contributed by atoms with E-state index in [0.717, 1.165) is 91.3 Å². The fraction of sp³-hybridized carbons (Fsp3) is 0.564. The summed E-state index contributed by atoms with van der Waals surface area (Å²) in [5, 5.41) is 8.41. The Morgan fingerprint density at radius 1 is 1.12 bits per heavy atom. The molecule has 3 N–H and O–H groups in total. The Bertz CT molecular complexity index is 1730. The number of fused-ring (bicyclic) bond motifs is 1. The SMILES string of the molecule is C=CCCCCO[C@H](C)C(=O)N1CCCC1C(=O)NC1CC1.CC.Cc1ccc2c(=O)cc(-c3cc(C)n(C)n3)[nH]c2c1C.O=CNS(=O)C1CC1. The largest absolute Gasteiger partial charge is 0.369 e. The first-order valence-electron chi connectivity index (χ1n) is 18.5. The van der Waals surface area contributed by atoms with E-state index in [9.17, 15) is 23.4 Å². The Balaban J connectivity index is 0.000000224. The number of pyridine rings is 1. The third-order valence-corrected chi connectivity index (χ3v) is 10.6. The molecule has 2 unspecified atom stereocenters. The number of aromatic amines is 1. The highest BCUT2D eigenvalue weighted by atomic mass is 32.2. The van der Waals surface area contributed by atoms with Crippen molar-refractivity contribution in [2.75, 3.05) is 13.2 Å². The molecule has 0 radical (unpaired) electrons. The van der Waals surface area contributed by atoms with Gasteiger partial charge in [0, 0.05) is 43.4 Å². The number of unbranched alkanes of at least 4 members (excludes halogenated alkanes) is 2. The quantitative estimate of drug-likeness (QED) is 0.120. The summed E-state index contributed by atoms with van der Waals surface area (Å²) >= 11 is 0. The van der Waals surface area contributed by atoms with Gasteiger partial charge < -0.3 is 19.9 Å². The lowest BCUT2D eigenvalue weighted by Gasteiger charge is -2.26. The standard InChI is InChI=1S/C17H28N2O3.C16H17N3O.C4H7NO2S.C2H6/c1-3-4-5-6-12-22-13(2)17(21)19-11-7-8-15(19)16(20)18-14-9-10-14;1-9-5-6-12-15(20)8-13(17-16(12)11(9)3)14-7-10(2)19(4)18-14;6-3-5-8(7)4-1-2-4;1-2/h3,13-15H,1,4-12H2,2H3,(H,18,20);5-8H,1-4H3,(H,17,20);3-4H,1-2H2,(H,5,6);1-2H3/t13-,15?;;;/m1.../s1. The number of benzene rings is 1. The van der Waals surface area contributed by atoms with Gasteiger partial charge in [-0.15, -0.1) is 6.58 Å². The number of hydrogen-bond acceptors (Lipinski definition) is 7. The number of aryl methyl sites for hydroxylation is 4. The summed E-state index contributed by atoms with van der Waals surface area (Å²) in [5.41, 5.74) is 5.82. The molecule has 3 atom stereocenters. The molecule has 1 saturated heterocycles. The third kappa shape index (κ3) is 12.3. The van der Waals surface area contributed by atoms with Crippen LogP contribution in [0.5, 0.6) is 0 Å². The zero-order chi connectivity index (χ0) is 38.4. The van der Waals surface area contributed by atoms with Gasteiger partial charge in [-0.05, 0) is 109 Å². The number of amides is 3. The lowest BCUT2D eigenvalue weighted by atomic mass is 10.0. The van der Waals surface area contributed by atoms with Crippen molar-refractivity contribution >= 4 is 40.1 Å².